The predicted molar refractivity (Wildman–Crippen MR) is 169 cm³/mol. The van der Waals surface area contributed by atoms with Crippen LogP contribution in [0.4, 0.5) is 10.1 Å². The number of likely N-dealkylation sites (tertiary alicyclic amines) is 1. The van der Waals surface area contributed by atoms with Crippen molar-refractivity contribution in [1.29, 1.82) is 0 Å². The minimum absolute atomic E-state index is 0.135. The lowest BCUT2D eigenvalue weighted by Crippen LogP contribution is -2.37. The van der Waals surface area contributed by atoms with E-state index >= 15 is 0 Å². The molecule has 3 aromatic rings. The molecule has 0 bridgehead atoms. The summed E-state index contributed by atoms with van der Waals surface area (Å²) in [4.78, 5) is 14.9. The minimum atomic E-state index is -0.255. The molecule has 216 valence electrons. The number of benzene rings is 2. The highest BCUT2D eigenvalue weighted by atomic mass is 19.1. The van der Waals surface area contributed by atoms with Gasteiger partial charge in [0.15, 0.2) is 0 Å². The molecule has 2 fully saturated rings. The molecular weight excluding hydrogens is 507 g/mol. The van der Waals surface area contributed by atoms with E-state index in [0.717, 1.165) is 73.9 Å². The Labute approximate surface area is 246 Å². The summed E-state index contributed by atoms with van der Waals surface area (Å²) in [7, 11) is 0. The lowest BCUT2D eigenvalue weighted by molar-refractivity contribution is 0.190. The van der Waals surface area contributed by atoms with E-state index in [4.69, 9.17) is 9.98 Å². The quantitative estimate of drug-likeness (QED) is 0.225. The van der Waals surface area contributed by atoms with Gasteiger partial charge in [-0.1, -0.05) is 49.9 Å². The Hall–Kier alpha value is -3.31. The van der Waals surface area contributed by atoms with Crippen LogP contribution in [0.25, 0.3) is 0 Å². The van der Waals surface area contributed by atoms with Crippen LogP contribution in [0.3, 0.4) is 0 Å². The maximum atomic E-state index is 14.1. The Kier molecular flexibility index (Phi) is 9.34. The molecule has 1 saturated heterocycles. The number of hydrogen-bond acceptors (Lipinski definition) is 4. The second kappa shape index (κ2) is 13.1. The molecule has 0 amide bonds. The Bertz CT molecular complexity index is 1380. The van der Waals surface area contributed by atoms with Crippen molar-refractivity contribution in [2.45, 2.75) is 72.4 Å². The van der Waals surface area contributed by atoms with Crippen LogP contribution in [0.5, 0.6) is 0 Å². The van der Waals surface area contributed by atoms with Crippen LogP contribution in [0.2, 0.25) is 0 Å². The van der Waals surface area contributed by atoms with Gasteiger partial charge in [-0.25, -0.2) is 4.39 Å². The highest BCUT2D eigenvalue weighted by Gasteiger charge is 2.30. The highest BCUT2D eigenvalue weighted by molar-refractivity contribution is 6.12. The molecule has 1 aromatic heterocycles. The second-order valence-electron chi connectivity index (χ2n) is 12.1. The Morgan fingerprint density at radius 1 is 1.05 bits per heavy atom. The SMILES string of the molecule is C=C(C1CCN(Cc2cnc(C(=NC(C)CC)c3cccc(F)c3)c(C)c2)CC1)N(CC1CC1)c1ccccc1C. The second-order valence-corrected chi connectivity index (χ2v) is 12.1. The van der Waals surface area contributed by atoms with Crippen LogP contribution in [-0.2, 0) is 6.54 Å². The van der Waals surface area contributed by atoms with Gasteiger partial charge in [0, 0.05) is 48.2 Å². The van der Waals surface area contributed by atoms with Gasteiger partial charge in [-0.2, -0.15) is 0 Å². The normalized spacial score (nSPS) is 17.4. The molecule has 1 unspecified atom stereocenters. The van der Waals surface area contributed by atoms with Gasteiger partial charge < -0.3 is 4.90 Å². The third kappa shape index (κ3) is 7.32. The lowest BCUT2D eigenvalue weighted by Gasteiger charge is -2.38. The molecule has 2 heterocycles. The number of piperidine rings is 1. The Morgan fingerprint density at radius 2 is 1.80 bits per heavy atom. The van der Waals surface area contributed by atoms with Gasteiger partial charge in [-0.15, -0.1) is 0 Å². The first-order valence-corrected chi connectivity index (χ1v) is 15.4. The first-order valence-electron chi connectivity index (χ1n) is 15.4. The minimum Gasteiger partial charge on any atom is -0.345 e. The van der Waals surface area contributed by atoms with E-state index in [1.54, 1.807) is 12.1 Å². The molecule has 2 aromatic carbocycles. The fourth-order valence-electron chi connectivity index (χ4n) is 5.89. The van der Waals surface area contributed by atoms with Gasteiger partial charge >= 0.3 is 0 Å². The average Bonchev–Trinajstić information content (AvgIpc) is 3.80. The van der Waals surface area contributed by atoms with Crippen LogP contribution >= 0.6 is 0 Å². The number of nitrogens with zero attached hydrogens (tertiary/aromatic N) is 4. The molecule has 2 aliphatic rings. The molecule has 4 nitrogen and oxygen atoms in total. The van der Waals surface area contributed by atoms with E-state index in [2.05, 4.69) is 74.4 Å². The maximum absolute atomic E-state index is 14.1. The van der Waals surface area contributed by atoms with Gasteiger partial charge in [0.1, 0.15) is 5.82 Å². The van der Waals surface area contributed by atoms with Crippen LogP contribution in [0.15, 0.2) is 78.1 Å². The first-order chi connectivity index (χ1) is 19.8. The Morgan fingerprint density at radius 3 is 2.46 bits per heavy atom. The van der Waals surface area contributed by atoms with Crippen LogP contribution < -0.4 is 4.90 Å². The lowest BCUT2D eigenvalue weighted by atomic mass is 9.92. The van der Waals surface area contributed by atoms with Crippen LogP contribution in [0.1, 0.15) is 73.9 Å². The topological polar surface area (TPSA) is 31.7 Å². The van der Waals surface area contributed by atoms with Gasteiger partial charge in [0.25, 0.3) is 0 Å². The van der Waals surface area contributed by atoms with E-state index < -0.39 is 0 Å². The summed E-state index contributed by atoms with van der Waals surface area (Å²) in [5.74, 6) is 1.06. The zero-order valence-electron chi connectivity index (χ0n) is 25.2. The standard InChI is InChI=1S/C36H45FN4/c1-6-27(4)39-36(32-11-9-12-33(37)21-32)35-26(3)20-30(22-38-35)23-40-18-16-31(17-19-40)28(5)41(24-29-14-15-29)34-13-8-7-10-25(34)2/h7-13,20-22,27,29,31H,5-6,14-19,23-24H2,1-4H3. The third-order valence-electron chi connectivity index (χ3n) is 8.75. The molecule has 0 radical (unpaired) electrons. The summed E-state index contributed by atoms with van der Waals surface area (Å²) in [5, 5.41) is 0. The number of aliphatic imine (C=N–C) groups is 1. The van der Waals surface area contributed by atoms with E-state index in [0.29, 0.717) is 5.92 Å². The molecular formula is C36H45FN4. The number of hydrogen-bond donors (Lipinski definition) is 0. The summed E-state index contributed by atoms with van der Waals surface area (Å²) >= 11 is 0. The number of halogens is 1. The van der Waals surface area contributed by atoms with Gasteiger partial charge in [-0.3, -0.25) is 14.9 Å². The molecule has 1 aliphatic heterocycles. The summed E-state index contributed by atoms with van der Waals surface area (Å²) in [5.41, 5.74) is 8.60. The van der Waals surface area contributed by atoms with Crippen molar-refractivity contribution in [1.82, 2.24) is 9.88 Å². The van der Waals surface area contributed by atoms with Crippen molar-refractivity contribution < 1.29 is 4.39 Å². The van der Waals surface area contributed by atoms with Crippen molar-refractivity contribution >= 4 is 11.4 Å². The van der Waals surface area contributed by atoms with E-state index in [1.807, 2.05) is 12.3 Å². The number of para-hydroxylation sites is 1. The zero-order valence-corrected chi connectivity index (χ0v) is 25.2. The zero-order chi connectivity index (χ0) is 28.9. The van der Waals surface area contributed by atoms with E-state index in [-0.39, 0.29) is 11.9 Å². The largest absolute Gasteiger partial charge is 0.345 e. The average molecular weight is 553 g/mol. The fraction of sp³-hybridized carbons (Fsp3) is 0.444. The molecule has 0 N–H and O–H groups in total. The third-order valence-corrected chi connectivity index (χ3v) is 8.75. The molecule has 1 aliphatic carbocycles. The molecule has 1 atom stereocenters. The van der Waals surface area contributed by atoms with Gasteiger partial charge in [0.05, 0.1) is 11.4 Å². The number of allylic oxidation sites excluding steroid dienone is 1. The number of aryl methyl sites for hydroxylation is 2. The monoisotopic (exact) mass is 552 g/mol. The maximum Gasteiger partial charge on any atom is 0.123 e. The number of aromatic nitrogens is 1. The van der Waals surface area contributed by atoms with E-state index in [1.165, 1.54) is 41.4 Å². The first kappa shape index (κ1) is 29.2. The molecule has 5 heteroatoms. The predicted octanol–water partition coefficient (Wildman–Crippen LogP) is 8.12. The van der Waals surface area contributed by atoms with Crippen molar-refractivity contribution in [3.8, 4) is 0 Å². The number of rotatable bonds is 11. The van der Waals surface area contributed by atoms with Crippen molar-refractivity contribution in [3.05, 3.63) is 107 Å². The number of pyridine rings is 1. The van der Waals surface area contributed by atoms with Crippen LogP contribution in [-0.4, -0.2) is 41.3 Å². The highest BCUT2D eigenvalue weighted by Crippen LogP contribution is 2.37. The summed E-state index contributed by atoms with van der Waals surface area (Å²) < 4.78 is 14.1. The summed E-state index contributed by atoms with van der Waals surface area (Å²) in [6.45, 7) is 17.2. The molecule has 1 saturated carbocycles. The van der Waals surface area contributed by atoms with Crippen LogP contribution in [0, 0.1) is 31.5 Å². The number of anilines is 1. The molecule has 5 rings (SSSR count). The smallest absolute Gasteiger partial charge is 0.123 e. The molecule has 41 heavy (non-hydrogen) atoms. The fourth-order valence-corrected chi connectivity index (χ4v) is 5.89. The summed E-state index contributed by atoms with van der Waals surface area (Å²) in [6, 6.07) is 17.8. The van der Waals surface area contributed by atoms with Gasteiger partial charge in [0.2, 0.25) is 0 Å². The molecule has 0 spiro atoms. The van der Waals surface area contributed by atoms with Crippen molar-refractivity contribution in [2.24, 2.45) is 16.8 Å². The van der Waals surface area contributed by atoms with Crippen molar-refractivity contribution in [3.63, 3.8) is 0 Å². The summed E-state index contributed by atoms with van der Waals surface area (Å²) in [6.07, 6.45) is 7.83. The van der Waals surface area contributed by atoms with Crippen molar-refractivity contribution in [2.75, 3.05) is 24.5 Å². The Balaban J connectivity index is 1.25. The van der Waals surface area contributed by atoms with Gasteiger partial charge in [-0.05, 0) is 107 Å². The van der Waals surface area contributed by atoms with E-state index in [9.17, 15) is 4.39 Å².